The van der Waals surface area contributed by atoms with Gasteiger partial charge in [-0.3, -0.25) is 4.40 Å². The van der Waals surface area contributed by atoms with E-state index in [1.807, 2.05) is 0 Å². The van der Waals surface area contributed by atoms with Crippen molar-refractivity contribution in [2.24, 2.45) is 0 Å². The fourth-order valence-corrected chi connectivity index (χ4v) is 6.47. The third-order valence-corrected chi connectivity index (χ3v) is 10.3. The van der Waals surface area contributed by atoms with Crippen molar-refractivity contribution in [1.82, 2.24) is 9.38 Å². The lowest BCUT2D eigenvalue weighted by Crippen LogP contribution is -2.30. The van der Waals surface area contributed by atoms with Crippen molar-refractivity contribution in [2.45, 2.75) is 30.5 Å². The van der Waals surface area contributed by atoms with E-state index in [-0.39, 0.29) is 4.75 Å². The molecule has 2 nitrogen and oxygen atoms in total. The molecule has 122 valence electrons. The summed E-state index contributed by atoms with van der Waals surface area (Å²) < 4.78 is 2.59. The van der Waals surface area contributed by atoms with E-state index in [9.17, 15) is 0 Å². The number of benzene rings is 2. The first kappa shape index (κ1) is 14.4. The smallest absolute Gasteiger partial charge is 0.146 e. The van der Waals surface area contributed by atoms with E-state index in [0.717, 1.165) is 5.65 Å². The Kier molecular flexibility index (Phi) is 2.48. The third kappa shape index (κ3) is 1.39. The average Bonchev–Trinajstić information content (AvgIpc) is 2.99. The molecule has 0 saturated carbocycles. The first-order valence-electron chi connectivity index (χ1n) is 8.40. The van der Waals surface area contributed by atoms with Crippen LogP contribution in [-0.4, -0.2) is 21.9 Å². The lowest BCUT2D eigenvalue weighted by atomic mass is 9.93. The van der Waals surface area contributed by atoms with Gasteiger partial charge >= 0.3 is 0 Å². The van der Waals surface area contributed by atoms with Gasteiger partial charge in [0.25, 0.3) is 0 Å². The standard InChI is InChI=1S/C21H22N2S/c1-13-10-11-16-19-18(13)14-8-6-7-9-15(14)20-22-12-17(23(19)20)24(4,5)21(16,2)3/h6-12H,1-5H3. The maximum absolute atomic E-state index is 4.88. The van der Waals surface area contributed by atoms with Crippen LogP contribution in [-0.2, 0) is 4.75 Å². The summed E-state index contributed by atoms with van der Waals surface area (Å²) >= 11 is 0. The summed E-state index contributed by atoms with van der Waals surface area (Å²) in [7, 11) is -1.01. The lowest BCUT2D eigenvalue weighted by Gasteiger charge is -2.50. The second-order valence-corrected chi connectivity index (χ2v) is 11.9. The Morgan fingerprint density at radius 2 is 1.71 bits per heavy atom. The van der Waals surface area contributed by atoms with Crippen LogP contribution in [0.5, 0.6) is 0 Å². The molecule has 0 bridgehead atoms. The first-order valence-corrected chi connectivity index (χ1v) is 10.9. The predicted molar refractivity (Wildman–Crippen MR) is 106 cm³/mol. The van der Waals surface area contributed by atoms with Gasteiger partial charge in [-0.15, -0.1) is 0 Å². The zero-order chi connectivity index (χ0) is 16.9. The summed E-state index contributed by atoms with van der Waals surface area (Å²) in [5.74, 6) is 0. The van der Waals surface area contributed by atoms with E-state index >= 15 is 0 Å². The molecule has 1 aliphatic heterocycles. The Morgan fingerprint density at radius 1 is 1.00 bits per heavy atom. The number of fused-ring (bicyclic) bond motifs is 3. The van der Waals surface area contributed by atoms with Gasteiger partial charge in [0.05, 0.1) is 16.7 Å². The maximum atomic E-state index is 4.88. The predicted octanol–water partition coefficient (Wildman–Crippen LogP) is 5.62. The number of nitrogens with zero attached hydrogens (tertiary/aromatic N) is 2. The molecule has 24 heavy (non-hydrogen) atoms. The molecule has 0 spiro atoms. The van der Waals surface area contributed by atoms with Crippen LogP contribution in [0.3, 0.4) is 0 Å². The van der Waals surface area contributed by atoms with E-state index in [0.29, 0.717) is 0 Å². The topological polar surface area (TPSA) is 17.3 Å². The maximum Gasteiger partial charge on any atom is 0.146 e. The molecule has 5 rings (SSSR count). The van der Waals surface area contributed by atoms with Gasteiger partial charge in [-0.25, -0.2) is 4.98 Å². The van der Waals surface area contributed by atoms with Crippen LogP contribution in [0.25, 0.3) is 27.3 Å². The highest BCUT2D eigenvalue weighted by Crippen LogP contribution is 2.67. The first-order chi connectivity index (χ1) is 11.4. The summed E-state index contributed by atoms with van der Waals surface area (Å²) in [5.41, 5.74) is 5.28. The normalized spacial score (nSPS) is 19.4. The Hall–Kier alpha value is -2.00. The van der Waals surface area contributed by atoms with Gasteiger partial charge in [0, 0.05) is 15.5 Å². The minimum Gasteiger partial charge on any atom is -0.288 e. The SMILES string of the molecule is Cc1ccc2c3c1c1ccccc1c1ncc(n13)S(C)(C)C2(C)C. The highest BCUT2D eigenvalue weighted by Gasteiger charge is 2.43. The number of rotatable bonds is 0. The zero-order valence-electron chi connectivity index (χ0n) is 14.8. The van der Waals surface area contributed by atoms with Crippen molar-refractivity contribution in [1.29, 1.82) is 0 Å². The fraction of sp³-hybridized carbons (Fsp3) is 0.286. The van der Waals surface area contributed by atoms with Crippen LogP contribution >= 0.6 is 10.0 Å². The summed E-state index contributed by atoms with van der Waals surface area (Å²) in [6.45, 7) is 7.04. The monoisotopic (exact) mass is 334 g/mol. The highest BCUT2D eigenvalue weighted by atomic mass is 32.3. The molecule has 0 radical (unpaired) electrons. The molecule has 0 unspecified atom stereocenters. The molecule has 2 aromatic heterocycles. The van der Waals surface area contributed by atoms with Crippen molar-refractivity contribution < 1.29 is 0 Å². The van der Waals surface area contributed by atoms with Crippen LogP contribution in [0.1, 0.15) is 25.0 Å². The number of aryl methyl sites for hydroxylation is 1. The number of aromatic nitrogens is 2. The van der Waals surface area contributed by atoms with Gasteiger partial charge in [-0.1, -0.05) is 36.4 Å². The van der Waals surface area contributed by atoms with Gasteiger partial charge in [0.1, 0.15) is 5.65 Å². The van der Waals surface area contributed by atoms with E-state index in [1.165, 1.54) is 37.8 Å². The van der Waals surface area contributed by atoms with E-state index in [4.69, 9.17) is 4.98 Å². The van der Waals surface area contributed by atoms with E-state index in [1.54, 1.807) is 0 Å². The summed E-state index contributed by atoms with van der Waals surface area (Å²) in [4.78, 5) is 4.88. The summed E-state index contributed by atoms with van der Waals surface area (Å²) in [5, 5.41) is 5.36. The van der Waals surface area contributed by atoms with Crippen molar-refractivity contribution in [3.63, 3.8) is 0 Å². The fourth-order valence-electron chi connectivity index (χ4n) is 4.28. The number of hydrogen-bond acceptors (Lipinski definition) is 1. The average molecular weight is 334 g/mol. The molecule has 0 aliphatic carbocycles. The molecule has 0 amide bonds. The Bertz CT molecular complexity index is 1170. The van der Waals surface area contributed by atoms with Crippen LogP contribution < -0.4 is 0 Å². The quantitative estimate of drug-likeness (QED) is 0.381. The van der Waals surface area contributed by atoms with Crippen molar-refractivity contribution in [3.05, 3.63) is 53.7 Å². The molecule has 4 aromatic rings. The molecule has 0 N–H and O–H groups in total. The second kappa shape index (κ2) is 4.15. The molecule has 3 heteroatoms. The summed E-state index contributed by atoms with van der Waals surface area (Å²) in [6, 6.07) is 13.4. The molecule has 1 aliphatic rings. The minimum atomic E-state index is -1.01. The third-order valence-electron chi connectivity index (χ3n) is 6.22. The molecule has 2 aromatic carbocycles. The van der Waals surface area contributed by atoms with Crippen LogP contribution in [0.2, 0.25) is 0 Å². The van der Waals surface area contributed by atoms with Gasteiger partial charge in [-0.05, 0) is 49.8 Å². The lowest BCUT2D eigenvalue weighted by molar-refractivity contribution is 0.750. The largest absolute Gasteiger partial charge is 0.288 e. The van der Waals surface area contributed by atoms with Gasteiger partial charge in [-0.2, -0.15) is 10.0 Å². The number of imidazole rings is 1. The van der Waals surface area contributed by atoms with Gasteiger partial charge < -0.3 is 0 Å². The number of hydrogen-bond donors (Lipinski definition) is 0. The summed E-state index contributed by atoms with van der Waals surface area (Å²) in [6.07, 6.45) is 6.99. The van der Waals surface area contributed by atoms with Crippen LogP contribution in [0.15, 0.2) is 47.6 Å². The van der Waals surface area contributed by atoms with Gasteiger partial charge in [0.2, 0.25) is 0 Å². The van der Waals surface area contributed by atoms with E-state index < -0.39 is 10.0 Å². The molecule has 0 fully saturated rings. The van der Waals surface area contributed by atoms with Crippen molar-refractivity contribution in [3.8, 4) is 0 Å². The molecule has 0 atom stereocenters. The number of pyridine rings is 1. The van der Waals surface area contributed by atoms with Gasteiger partial charge in [0.15, 0.2) is 0 Å². The van der Waals surface area contributed by atoms with Crippen molar-refractivity contribution in [2.75, 3.05) is 12.5 Å². The minimum absolute atomic E-state index is 0.129. The van der Waals surface area contributed by atoms with E-state index in [2.05, 4.69) is 80.3 Å². The Morgan fingerprint density at radius 3 is 2.46 bits per heavy atom. The molecule has 0 saturated heterocycles. The zero-order valence-corrected chi connectivity index (χ0v) is 15.7. The Labute approximate surface area is 143 Å². The molecular formula is C21H22N2S. The molecule has 3 heterocycles. The molecular weight excluding hydrogens is 312 g/mol. The van der Waals surface area contributed by atoms with Crippen LogP contribution in [0, 0.1) is 6.92 Å². The Balaban J connectivity index is 2.24. The van der Waals surface area contributed by atoms with Crippen molar-refractivity contribution >= 4 is 37.4 Å². The highest BCUT2D eigenvalue weighted by molar-refractivity contribution is 8.33. The second-order valence-electron chi connectivity index (χ2n) is 7.79. The van der Waals surface area contributed by atoms with Crippen LogP contribution in [0.4, 0.5) is 0 Å².